The van der Waals surface area contributed by atoms with Gasteiger partial charge < -0.3 is 0 Å². The highest BCUT2D eigenvalue weighted by Gasteiger charge is 2.07. The minimum atomic E-state index is 0.653. The summed E-state index contributed by atoms with van der Waals surface area (Å²) in [7, 11) is 0. The lowest BCUT2D eigenvalue weighted by atomic mass is 10.2. The van der Waals surface area contributed by atoms with Crippen molar-refractivity contribution in [1.29, 1.82) is 0 Å². The first kappa shape index (κ1) is 9.06. The summed E-state index contributed by atoms with van der Waals surface area (Å²) < 4.78 is 1.000. The molecule has 0 aliphatic carbocycles. The highest BCUT2D eigenvalue weighted by Crippen LogP contribution is 2.34. The molecule has 0 atom stereocenters. The van der Waals surface area contributed by atoms with E-state index in [1.165, 1.54) is 11.3 Å². The second-order valence-corrected chi connectivity index (χ2v) is 4.54. The highest BCUT2D eigenvalue weighted by atomic mass is 35.5. The van der Waals surface area contributed by atoms with Crippen LogP contribution in [0.4, 0.5) is 0 Å². The third-order valence-electron chi connectivity index (χ3n) is 1.76. The van der Waals surface area contributed by atoms with Crippen molar-refractivity contribution in [3.63, 3.8) is 0 Å². The molecule has 1 heterocycles. The van der Waals surface area contributed by atoms with E-state index in [9.17, 15) is 4.79 Å². The van der Waals surface area contributed by atoms with Gasteiger partial charge in [0, 0.05) is 20.0 Å². The molecule has 13 heavy (non-hydrogen) atoms. The van der Waals surface area contributed by atoms with E-state index in [-0.39, 0.29) is 0 Å². The molecule has 0 fully saturated rings. The quantitative estimate of drug-likeness (QED) is 0.582. The molecule has 1 nitrogen and oxygen atoms in total. The monoisotopic (exact) mass is 228 g/mol. The predicted molar refractivity (Wildman–Crippen MR) is 59.5 cm³/mol. The molecule has 0 radical (unpaired) electrons. The fourth-order valence-corrected chi connectivity index (χ4v) is 2.81. The Hall–Kier alpha value is -0.510. The predicted octanol–water partition coefficient (Wildman–Crippen LogP) is 3.66. The molecule has 0 aliphatic heterocycles. The van der Waals surface area contributed by atoms with E-state index >= 15 is 0 Å². The lowest BCUT2D eigenvalue weighted by Gasteiger charge is -1.90. The zero-order chi connectivity index (χ0) is 9.42. The summed E-state index contributed by atoms with van der Waals surface area (Å²) in [6.07, 6.45) is 0.820. The number of hydrogen-bond acceptors (Lipinski definition) is 3. The van der Waals surface area contributed by atoms with Crippen LogP contribution in [0.15, 0.2) is 23.1 Å². The van der Waals surface area contributed by atoms with Crippen LogP contribution >= 0.6 is 35.6 Å². The smallest absolute Gasteiger partial charge is 0.161 e. The zero-order valence-electron chi connectivity index (χ0n) is 6.45. The van der Waals surface area contributed by atoms with Gasteiger partial charge in [-0.25, -0.2) is 0 Å². The van der Waals surface area contributed by atoms with Crippen molar-refractivity contribution in [3.8, 4) is 0 Å². The maximum atomic E-state index is 10.6. The normalized spacial score (nSPS) is 10.6. The second kappa shape index (κ2) is 3.33. The van der Waals surface area contributed by atoms with E-state index in [2.05, 4.69) is 12.6 Å². The Labute approximate surface area is 89.7 Å². The van der Waals surface area contributed by atoms with E-state index in [0.29, 0.717) is 9.90 Å². The van der Waals surface area contributed by atoms with Gasteiger partial charge in [0.2, 0.25) is 0 Å². The van der Waals surface area contributed by atoms with E-state index in [1.54, 1.807) is 6.07 Å². The summed E-state index contributed by atoms with van der Waals surface area (Å²) in [5, 5.41) is 1.67. The number of thiol groups is 1. The van der Waals surface area contributed by atoms with Crippen molar-refractivity contribution in [2.75, 3.05) is 0 Å². The summed E-state index contributed by atoms with van der Waals surface area (Å²) in [4.78, 5) is 12.0. The SMILES string of the molecule is O=Cc1sc2cc(Cl)ccc2c1S. The number of carbonyl (C=O) groups excluding carboxylic acids is 1. The summed E-state index contributed by atoms with van der Waals surface area (Å²) in [6, 6.07) is 5.52. The van der Waals surface area contributed by atoms with Gasteiger partial charge in [-0.15, -0.1) is 24.0 Å². The fourth-order valence-electron chi connectivity index (χ4n) is 1.16. The van der Waals surface area contributed by atoms with Gasteiger partial charge in [0.15, 0.2) is 6.29 Å². The lowest BCUT2D eigenvalue weighted by molar-refractivity contribution is 0.112. The van der Waals surface area contributed by atoms with Crippen molar-refractivity contribution < 1.29 is 4.79 Å². The molecule has 2 aromatic rings. The number of fused-ring (bicyclic) bond motifs is 1. The Morgan fingerprint density at radius 1 is 1.46 bits per heavy atom. The topological polar surface area (TPSA) is 17.1 Å². The van der Waals surface area contributed by atoms with Crippen molar-refractivity contribution in [2.24, 2.45) is 0 Å². The van der Waals surface area contributed by atoms with Crippen LogP contribution in [0.3, 0.4) is 0 Å². The highest BCUT2D eigenvalue weighted by molar-refractivity contribution is 7.81. The van der Waals surface area contributed by atoms with Crippen molar-refractivity contribution in [1.82, 2.24) is 0 Å². The van der Waals surface area contributed by atoms with Crippen LogP contribution in [0.2, 0.25) is 5.02 Å². The largest absolute Gasteiger partial charge is 0.297 e. The standard InChI is InChI=1S/C9H5ClOS2/c10-5-1-2-6-7(3-5)13-8(4-11)9(6)12/h1-4,12H. The van der Waals surface area contributed by atoms with Crippen LogP contribution < -0.4 is 0 Å². The maximum absolute atomic E-state index is 10.6. The van der Waals surface area contributed by atoms with Crippen LogP contribution in [0.5, 0.6) is 0 Å². The zero-order valence-corrected chi connectivity index (χ0v) is 8.92. The third-order valence-corrected chi connectivity index (χ3v) is 3.71. The first-order valence-electron chi connectivity index (χ1n) is 3.58. The molecule has 0 aliphatic rings. The molecular weight excluding hydrogens is 224 g/mol. The summed E-state index contributed by atoms with van der Waals surface area (Å²) in [5.74, 6) is 0. The van der Waals surface area contributed by atoms with Gasteiger partial charge in [0.05, 0.1) is 4.88 Å². The van der Waals surface area contributed by atoms with Gasteiger partial charge in [0.1, 0.15) is 0 Å². The minimum absolute atomic E-state index is 0.653. The third kappa shape index (κ3) is 1.47. The Balaban J connectivity index is 2.83. The molecule has 0 N–H and O–H groups in total. The van der Waals surface area contributed by atoms with Crippen molar-refractivity contribution >= 4 is 51.9 Å². The molecule has 0 amide bonds. The van der Waals surface area contributed by atoms with E-state index in [4.69, 9.17) is 11.6 Å². The molecule has 0 spiro atoms. The van der Waals surface area contributed by atoms with Gasteiger partial charge in [-0.05, 0) is 12.1 Å². The van der Waals surface area contributed by atoms with Crippen molar-refractivity contribution in [2.45, 2.75) is 4.90 Å². The Kier molecular flexibility index (Phi) is 2.32. The maximum Gasteiger partial charge on any atom is 0.161 e. The molecule has 0 saturated carbocycles. The summed E-state index contributed by atoms with van der Waals surface area (Å²) >= 11 is 11.5. The Bertz CT molecular complexity index is 476. The number of aldehydes is 1. The number of hydrogen-bond donors (Lipinski definition) is 1. The number of rotatable bonds is 1. The molecule has 1 aromatic carbocycles. The molecule has 4 heteroatoms. The minimum Gasteiger partial charge on any atom is -0.297 e. The van der Waals surface area contributed by atoms with E-state index in [1.807, 2.05) is 12.1 Å². The number of carbonyl (C=O) groups is 1. The van der Waals surface area contributed by atoms with Crippen LogP contribution in [-0.4, -0.2) is 6.29 Å². The molecule has 66 valence electrons. The molecule has 0 unspecified atom stereocenters. The van der Waals surface area contributed by atoms with Crippen LogP contribution in [0, 0.1) is 0 Å². The van der Waals surface area contributed by atoms with Gasteiger partial charge in [-0.3, -0.25) is 4.79 Å². The molecule has 2 rings (SSSR count). The van der Waals surface area contributed by atoms with Crippen LogP contribution in [0.25, 0.3) is 10.1 Å². The molecule has 0 bridgehead atoms. The van der Waals surface area contributed by atoms with Gasteiger partial charge in [-0.2, -0.15) is 0 Å². The van der Waals surface area contributed by atoms with E-state index < -0.39 is 0 Å². The number of benzene rings is 1. The fraction of sp³-hybridized carbons (Fsp3) is 0. The molecule has 1 aromatic heterocycles. The van der Waals surface area contributed by atoms with Crippen molar-refractivity contribution in [3.05, 3.63) is 28.1 Å². The first-order valence-corrected chi connectivity index (χ1v) is 5.22. The van der Waals surface area contributed by atoms with Crippen LogP contribution in [-0.2, 0) is 0 Å². The second-order valence-electron chi connectivity index (χ2n) is 2.57. The molecular formula is C9H5ClOS2. The first-order chi connectivity index (χ1) is 6.22. The van der Waals surface area contributed by atoms with E-state index in [0.717, 1.165) is 21.3 Å². The number of thiophene rings is 1. The van der Waals surface area contributed by atoms with Gasteiger partial charge in [-0.1, -0.05) is 17.7 Å². The Morgan fingerprint density at radius 2 is 2.23 bits per heavy atom. The summed E-state index contributed by atoms with van der Waals surface area (Å²) in [6.45, 7) is 0. The van der Waals surface area contributed by atoms with Crippen LogP contribution in [0.1, 0.15) is 9.67 Å². The number of halogens is 1. The Morgan fingerprint density at radius 3 is 2.92 bits per heavy atom. The average Bonchev–Trinajstić information content (AvgIpc) is 2.42. The molecule has 0 saturated heterocycles. The van der Waals surface area contributed by atoms with Gasteiger partial charge in [0.25, 0.3) is 0 Å². The van der Waals surface area contributed by atoms with Gasteiger partial charge >= 0.3 is 0 Å². The summed E-state index contributed by atoms with van der Waals surface area (Å²) in [5.41, 5.74) is 0. The lowest BCUT2D eigenvalue weighted by Crippen LogP contribution is -1.70. The average molecular weight is 229 g/mol.